The molecule has 1 aliphatic carbocycles. The number of nitrogens with one attached hydrogen (secondary N) is 2. The Bertz CT molecular complexity index is 450. The summed E-state index contributed by atoms with van der Waals surface area (Å²) in [5.41, 5.74) is 5.92. The van der Waals surface area contributed by atoms with Gasteiger partial charge in [0, 0.05) is 10.9 Å². The van der Waals surface area contributed by atoms with Gasteiger partial charge in [0.05, 0.1) is 15.7 Å². The molecule has 0 unspecified atom stereocenters. The van der Waals surface area contributed by atoms with E-state index in [1.54, 1.807) is 12.1 Å². The standard InChI is InChI=1S/C13H15Cl3N2O/c14-9-6-10(15)12(11(16)7-9)17-18-13(19)8-4-2-1-3-5-8/h6-8,17H,1-5H2,(H,18,19). The number of hydrogen-bond donors (Lipinski definition) is 2. The van der Waals surface area contributed by atoms with Crippen LogP contribution in [0.1, 0.15) is 32.1 Å². The van der Waals surface area contributed by atoms with Crippen LogP contribution in [0.3, 0.4) is 0 Å². The molecule has 19 heavy (non-hydrogen) atoms. The molecule has 2 rings (SSSR count). The molecule has 3 nitrogen and oxygen atoms in total. The van der Waals surface area contributed by atoms with E-state index < -0.39 is 0 Å². The van der Waals surface area contributed by atoms with E-state index in [4.69, 9.17) is 34.8 Å². The molecule has 0 saturated heterocycles. The SMILES string of the molecule is O=C(NNc1c(Cl)cc(Cl)cc1Cl)C1CCCCC1. The Morgan fingerprint density at radius 3 is 2.21 bits per heavy atom. The van der Waals surface area contributed by atoms with Crippen LogP contribution in [-0.2, 0) is 4.79 Å². The first-order chi connectivity index (χ1) is 9.08. The predicted molar refractivity (Wildman–Crippen MR) is 79.8 cm³/mol. The Balaban J connectivity index is 1.96. The summed E-state index contributed by atoms with van der Waals surface area (Å²) in [6, 6.07) is 3.15. The van der Waals surface area contributed by atoms with Crippen LogP contribution >= 0.6 is 34.8 Å². The lowest BCUT2D eigenvalue weighted by molar-refractivity contribution is -0.125. The van der Waals surface area contributed by atoms with E-state index in [-0.39, 0.29) is 11.8 Å². The molecule has 1 amide bonds. The molecule has 1 saturated carbocycles. The van der Waals surface area contributed by atoms with Gasteiger partial charge in [-0.3, -0.25) is 15.6 Å². The van der Waals surface area contributed by atoms with Crippen molar-refractivity contribution in [1.29, 1.82) is 0 Å². The Morgan fingerprint density at radius 1 is 1.05 bits per heavy atom. The number of halogens is 3. The van der Waals surface area contributed by atoms with Crippen molar-refractivity contribution in [2.45, 2.75) is 32.1 Å². The molecule has 104 valence electrons. The molecular weight excluding hydrogens is 307 g/mol. The molecule has 1 fully saturated rings. The first-order valence-corrected chi connectivity index (χ1v) is 7.41. The van der Waals surface area contributed by atoms with E-state index in [1.165, 1.54) is 6.42 Å². The van der Waals surface area contributed by atoms with Crippen LogP contribution in [0.2, 0.25) is 15.1 Å². The van der Waals surface area contributed by atoms with Crippen LogP contribution in [-0.4, -0.2) is 5.91 Å². The monoisotopic (exact) mass is 320 g/mol. The predicted octanol–water partition coefficient (Wildman–Crippen LogP) is 4.67. The summed E-state index contributed by atoms with van der Waals surface area (Å²) in [5, 5.41) is 1.21. The minimum absolute atomic E-state index is 0.0122. The Morgan fingerprint density at radius 2 is 1.63 bits per heavy atom. The van der Waals surface area contributed by atoms with Crippen LogP contribution in [0.5, 0.6) is 0 Å². The first-order valence-electron chi connectivity index (χ1n) is 6.28. The molecular formula is C13H15Cl3N2O. The molecule has 1 aromatic carbocycles. The summed E-state index contributed by atoms with van der Waals surface area (Å²) in [6.07, 6.45) is 5.32. The highest BCUT2D eigenvalue weighted by molar-refractivity contribution is 6.41. The summed E-state index contributed by atoms with van der Waals surface area (Å²) in [4.78, 5) is 12.0. The largest absolute Gasteiger partial charge is 0.296 e. The molecule has 0 radical (unpaired) electrons. The van der Waals surface area contributed by atoms with Gasteiger partial charge in [-0.2, -0.15) is 0 Å². The van der Waals surface area contributed by atoms with E-state index in [2.05, 4.69) is 10.9 Å². The fraction of sp³-hybridized carbons (Fsp3) is 0.462. The van der Waals surface area contributed by atoms with Crippen LogP contribution < -0.4 is 10.9 Å². The lowest BCUT2D eigenvalue weighted by Crippen LogP contribution is -2.36. The lowest BCUT2D eigenvalue weighted by atomic mass is 9.89. The third kappa shape index (κ3) is 3.91. The highest BCUT2D eigenvalue weighted by Gasteiger charge is 2.21. The van der Waals surface area contributed by atoms with Gasteiger partial charge in [-0.1, -0.05) is 54.1 Å². The Hall–Kier alpha value is -0.640. The quantitative estimate of drug-likeness (QED) is 0.794. The maximum Gasteiger partial charge on any atom is 0.241 e. The number of hydrogen-bond acceptors (Lipinski definition) is 2. The fourth-order valence-electron chi connectivity index (χ4n) is 2.25. The fourth-order valence-corrected chi connectivity index (χ4v) is 3.16. The van der Waals surface area contributed by atoms with Crippen molar-refractivity contribution >= 4 is 46.4 Å². The molecule has 0 aliphatic heterocycles. The van der Waals surface area contributed by atoms with Crippen molar-refractivity contribution < 1.29 is 4.79 Å². The third-order valence-electron chi connectivity index (χ3n) is 3.29. The number of carbonyl (C=O) groups is 1. The van der Waals surface area contributed by atoms with Crippen LogP contribution in [0.15, 0.2) is 12.1 Å². The molecule has 0 aromatic heterocycles. The van der Waals surface area contributed by atoms with Crippen LogP contribution in [0, 0.1) is 5.92 Å². The maximum atomic E-state index is 12.0. The number of amides is 1. The molecule has 0 atom stereocenters. The zero-order valence-electron chi connectivity index (χ0n) is 10.3. The van der Waals surface area contributed by atoms with E-state index in [9.17, 15) is 4.79 Å². The van der Waals surface area contributed by atoms with E-state index in [0.29, 0.717) is 20.8 Å². The smallest absolute Gasteiger partial charge is 0.241 e. The van der Waals surface area contributed by atoms with Crippen molar-refractivity contribution in [1.82, 2.24) is 5.43 Å². The first kappa shape index (κ1) is 14.8. The summed E-state index contributed by atoms with van der Waals surface area (Å²) >= 11 is 17.9. The zero-order chi connectivity index (χ0) is 13.8. The van der Waals surface area contributed by atoms with Crippen molar-refractivity contribution in [2.24, 2.45) is 5.92 Å². The van der Waals surface area contributed by atoms with Gasteiger partial charge in [0.25, 0.3) is 0 Å². The Labute approximate surface area is 127 Å². The van der Waals surface area contributed by atoms with Gasteiger partial charge in [-0.05, 0) is 25.0 Å². The minimum atomic E-state index is -0.0122. The molecule has 0 bridgehead atoms. The topological polar surface area (TPSA) is 41.1 Å². The van der Waals surface area contributed by atoms with Gasteiger partial charge >= 0.3 is 0 Å². The lowest BCUT2D eigenvalue weighted by Gasteiger charge is -2.21. The summed E-state index contributed by atoms with van der Waals surface area (Å²) in [6.45, 7) is 0. The van der Waals surface area contributed by atoms with Crippen molar-refractivity contribution in [3.8, 4) is 0 Å². The van der Waals surface area contributed by atoms with Gasteiger partial charge in [0.15, 0.2) is 0 Å². The Kier molecular flexibility index (Phi) is 5.20. The van der Waals surface area contributed by atoms with Gasteiger partial charge in [0.2, 0.25) is 5.91 Å². The molecule has 0 spiro atoms. The van der Waals surface area contributed by atoms with Crippen molar-refractivity contribution in [2.75, 3.05) is 5.43 Å². The second-order valence-corrected chi connectivity index (χ2v) is 5.94. The number of carbonyl (C=O) groups excluding carboxylic acids is 1. The summed E-state index contributed by atoms with van der Waals surface area (Å²) in [5.74, 6) is 0.0629. The van der Waals surface area contributed by atoms with E-state index in [0.717, 1.165) is 25.7 Å². The van der Waals surface area contributed by atoms with Gasteiger partial charge < -0.3 is 0 Å². The molecule has 0 heterocycles. The maximum absolute atomic E-state index is 12.0. The minimum Gasteiger partial charge on any atom is -0.296 e. The van der Waals surface area contributed by atoms with E-state index in [1.807, 2.05) is 0 Å². The van der Waals surface area contributed by atoms with Gasteiger partial charge in [0.1, 0.15) is 0 Å². The highest BCUT2D eigenvalue weighted by atomic mass is 35.5. The average Bonchev–Trinajstić information content (AvgIpc) is 2.38. The average molecular weight is 322 g/mol. The number of anilines is 1. The molecule has 1 aliphatic rings. The highest BCUT2D eigenvalue weighted by Crippen LogP contribution is 2.33. The summed E-state index contributed by atoms with van der Waals surface area (Å²) < 4.78 is 0. The molecule has 1 aromatic rings. The third-order valence-corrected chi connectivity index (χ3v) is 4.11. The second kappa shape index (κ2) is 6.69. The molecule has 6 heteroatoms. The molecule has 2 N–H and O–H groups in total. The second-order valence-electron chi connectivity index (χ2n) is 4.69. The number of benzene rings is 1. The van der Waals surface area contributed by atoms with Crippen LogP contribution in [0.25, 0.3) is 0 Å². The van der Waals surface area contributed by atoms with Gasteiger partial charge in [-0.15, -0.1) is 0 Å². The van der Waals surface area contributed by atoms with E-state index >= 15 is 0 Å². The van der Waals surface area contributed by atoms with Crippen LogP contribution in [0.4, 0.5) is 5.69 Å². The number of rotatable bonds is 3. The van der Waals surface area contributed by atoms with Crippen molar-refractivity contribution in [3.05, 3.63) is 27.2 Å². The normalized spacial score (nSPS) is 16.2. The van der Waals surface area contributed by atoms with Gasteiger partial charge in [-0.25, -0.2) is 0 Å². The number of hydrazine groups is 1. The van der Waals surface area contributed by atoms with Crippen molar-refractivity contribution in [3.63, 3.8) is 0 Å². The zero-order valence-corrected chi connectivity index (χ0v) is 12.6. The summed E-state index contributed by atoms with van der Waals surface area (Å²) in [7, 11) is 0.